The molecule has 0 saturated carbocycles. The molecule has 5 nitrogen and oxygen atoms in total. The highest BCUT2D eigenvalue weighted by molar-refractivity contribution is 5.98. The van der Waals surface area contributed by atoms with Gasteiger partial charge in [0.1, 0.15) is 0 Å². The number of carbonyl (C=O) groups is 2. The lowest BCUT2D eigenvalue weighted by Gasteiger charge is -2.16. The zero-order valence-corrected chi connectivity index (χ0v) is 12.3. The number of nitrogens with one attached hydrogen (secondary N) is 1. The summed E-state index contributed by atoms with van der Waals surface area (Å²) in [6, 6.07) is 8.92. The van der Waals surface area contributed by atoms with Crippen LogP contribution in [0, 0.1) is 13.8 Å². The van der Waals surface area contributed by atoms with Gasteiger partial charge in [-0.2, -0.15) is 0 Å². The molecule has 0 radical (unpaired) electrons. The molecule has 0 aliphatic carbocycles. The molecule has 0 unspecified atom stereocenters. The third kappa shape index (κ3) is 3.51. The van der Waals surface area contributed by atoms with E-state index in [2.05, 4.69) is 5.32 Å². The van der Waals surface area contributed by atoms with Crippen molar-refractivity contribution in [2.24, 2.45) is 0 Å². The Kier molecular flexibility index (Phi) is 4.42. The third-order valence-electron chi connectivity index (χ3n) is 3.34. The third-order valence-corrected chi connectivity index (χ3v) is 3.34. The molecular formula is C16H18N2O3. The number of benzene rings is 1. The van der Waals surface area contributed by atoms with Gasteiger partial charge in [0.15, 0.2) is 5.76 Å². The van der Waals surface area contributed by atoms with Crippen LogP contribution in [0.5, 0.6) is 0 Å². The number of likely N-dealkylation sites (N-methyl/N-ethyl adjacent to an activating group) is 1. The van der Waals surface area contributed by atoms with Crippen LogP contribution in [0.25, 0.3) is 0 Å². The van der Waals surface area contributed by atoms with Crippen LogP contribution in [0.4, 0.5) is 5.69 Å². The lowest BCUT2D eigenvalue weighted by molar-refractivity contribution is -0.116. The molecule has 0 bridgehead atoms. The number of carbonyl (C=O) groups excluding carboxylic acids is 2. The van der Waals surface area contributed by atoms with Crippen LogP contribution in [0.15, 0.2) is 41.0 Å². The highest BCUT2D eigenvalue weighted by Gasteiger charge is 2.17. The first-order valence-electron chi connectivity index (χ1n) is 6.64. The second kappa shape index (κ2) is 6.26. The molecule has 21 heavy (non-hydrogen) atoms. The maximum absolute atomic E-state index is 12.0. The van der Waals surface area contributed by atoms with E-state index in [4.69, 9.17) is 4.42 Å². The fourth-order valence-electron chi connectivity index (χ4n) is 1.95. The van der Waals surface area contributed by atoms with E-state index in [1.54, 1.807) is 19.2 Å². The fraction of sp³-hybridized carbons (Fsp3) is 0.250. The molecule has 0 spiro atoms. The Morgan fingerprint density at radius 2 is 1.95 bits per heavy atom. The van der Waals surface area contributed by atoms with Crippen molar-refractivity contribution in [1.29, 1.82) is 0 Å². The van der Waals surface area contributed by atoms with Crippen molar-refractivity contribution in [3.8, 4) is 0 Å². The van der Waals surface area contributed by atoms with E-state index in [0.717, 1.165) is 16.8 Å². The Morgan fingerprint density at radius 1 is 1.19 bits per heavy atom. The van der Waals surface area contributed by atoms with Crippen molar-refractivity contribution >= 4 is 17.5 Å². The highest BCUT2D eigenvalue weighted by Crippen LogP contribution is 2.17. The number of anilines is 1. The van der Waals surface area contributed by atoms with Crippen LogP contribution < -0.4 is 5.32 Å². The van der Waals surface area contributed by atoms with Crippen molar-refractivity contribution in [1.82, 2.24) is 4.90 Å². The first-order valence-corrected chi connectivity index (χ1v) is 6.64. The molecule has 0 saturated heterocycles. The van der Waals surface area contributed by atoms with E-state index in [1.807, 2.05) is 32.0 Å². The molecule has 1 N–H and O–H groups in total. The molecule has 1 aromatic heterocycles. The maximum atomic E-state index is 12.0. The minimum atomic E-state index is -0.323. The van der Waals surface area contributed by atoms with Crippen LogP contribution in [-0.4, -0.2) is 30.3 Å². The smallest absolute Gasteiger partial charge is 0.289 e. The summed E-state index contributed by atoms with van der Waals surface area (Å²) in [5, 5.41) is 2.82. The first-order chi connectivity index (χ1) is 9.99. The molecule has 0 aliphatic heterocycles. The van der Waals surface area contributed by atoms with Crippen LogP contribution in [-0.2, 0) is 4.79 Å². The first kappa shape index (κ1) is 14.8. The average molecular weight is 286 g/mol. The summed E-state index contributed by atoms with van der Waals surface area (Å²) < 4.78 is 5.03. The van der Waals surface area contributed by atoms with Crippen molar-refractivity contribution < 1.29 is 14.0 Å². The SMILES string of the molecule is Cc1cccc(NC(=O)CN(C)C(=O)c2ccco2)c1C. The zero-order chi connectivity index (χ0) is 15.4. The van der Waals surface area contributed by atoms with Crippen molar-refractivity contribution in [2.75, 3.05) is 18.9 Å². The van der Waals surface area contributed by atoms with E-state index in [1.165, 1.54) is 11.2 Å². The van der Waals surface area contributed by atoms with Crippen molar-refractivity contribution in [2.45, 2.75) is 13.8 Å². The number of amides is 2. The molecular weight excluding hydrogens is 268 g/mol. The van der Waals surface area contributed by atoms with Gasteiger partial charge in [0.2, 0.25) is 5.91 Å². The summed E-state index contributed by atoms with van der Waals surface area (Å²) in [6.45, 7) is 3.90. The molecule has 0 fully saturated rings. The van der Waals surface area contributed by atoms with Crippen LogP contribution in [0.1, 0.15) is 21.7 Å². The molecule has 110 valence electrons. The van der Waals surface area contributed by atoms with E-state index < -0.39 is 0 Å². The lowest BCUT2D eigenvalue weighted by atomic mass is 10.1. The summed E-state index contributed by atoms with van der Waals surface area (Å²) >= 11 is 0. The molecule has 5 heteroatoms. The summed E-state index contributed by atoms with van der Waals surface area (Å²) in [4.78, 5) is 25.3. The molecule has 0 aliphatic rings. The average Bonchev–Trinajstić information content (AvgIpc) is 2.97. The number of aryl methyl sites for hydroxylation is 1. The minimum Gasteiger partial charge on any atom is -0.459 e. The Morgan fingerprint density at radius 3 is 2.62 bits per heavy atom. The summed E-state index contributed by atoms with van der Waals surface area (Å²) in [7, 11) is 1.56. The normalized spacial score (nSPS) is 10.2. The Hall–Kier alpha value is -2.56. The topological polar surface area (TPSA) is 62.6 Å². The summed E-state index contributed by atoms with van der Waals surface area (Å²) in [5.41, 5.74) is 2.89. The van der Waals surface area contributed by atoms with Gasteiger partial charge in [-0.25, -0.2) is 0 Å². The van der Waals surface area contributed by atoms with Gasteiger partial charge in [-0.05, 0) is 43.2 Å². The number of hydrogen-bond acceptors (Lipinski definition) is 3. The van der Waals surface area contributed by atoms with Crippen molar-refractivity contribution in [3.05, 3.63) is 53.5 Å². The molecule has 1 aromatic carbocycles. The standard InChI is InChI=1S/C16H18N2O3/c1-11-6-4-7-13(12(11)2)17-15(19)10-18(3)16(20)14-8-5-9-21-14/h4-9H,10H2,1-3H3,(H,17,19). The fourth-order valence-corrected chi connectivity index (χ4v) is 1.95. The molecule has 2 aromatic rings. The summed E-state index contributed by atoms with van der Waals surface area (Å²) in [6.07, 6.45) is 1.43. The van der Waals surface area contributed by atoms with E-state index in [0.29, 0.717) is 0 Å². The van der Waals surface area contributed by atoms with Gasteiger partial charge in [-0.1, -0.05) is 12.1 Å². The van der Waals surface area contributed by atoms with Gasteiger partial charge >= 0.3 is 0 Å². The highest BCUT2D eigenvalue weighted by atomic mass is 16.3. The quantitative estimate of drug-likeness (QED) is 0.939. The van der Waals surface area contributed by atoms with E-state index in [-0.39, 0.29) is 24.1 Å². The Balaban J connectivity index is 1.98. The predicted molar refractivity (Wildman–Crippen MR) is 80.2 cm³/mol. The lowest BCUT2D eigenvalue weighted by Crippen LogP contribution is -2.34. The van der Waals surface area contributed by atoms with Crippen LogP contribution >= 0.6 is 0 Å². The molecule has 2 rings (SSSR count). The van der Waals surface area contributed by atoms with E-state index >= 15 is 0 Å². The number of nitrogens with zero attached hydrogens (tertiary/aromatic N) is 1. The largest absolute Gasteiger partial charge is 0.459 e. The number of furan rings is 1. The molecule has 2 amide bonds. The number of rotatable bonds is 4. The second-order valence-corrected chi connectivity index (χ2v) is 4.93. The van der Waals surface area contributed by atoms with E-state index in [9.17, 15) is 9.59 Å². The molecule has 0 atom stereocenters. The number of hydrogen-bond donors (Lipinski definition) is 1. The van der Waals surface area contributed by atoms with Gasteiger partial charge in [0, 0.05) is 12.7 Å². The predicted octanol–water partition coefficient (Wildman–Crippen LogP) is 2.61. The maximum Gasteiger partial charge on any atom is 0.289 e. The van der Waals surface area contributed by atoms with Crippen molar-refractivity contribution in [3.63, 3.8) is 0 Å². The minimum absolute atomic E-state index is 0.0348. The summed E-state index contributed by atoms with van der Waals surface area (Å²) in [5.74, 6) is -0.348. The Bertz CT molecular complexity index is 648. The Labute approximate surface area is 123 Å². The van der Waals surface area contributed by atoms with Crippen LogP contribution in [0.2, 0.25) is 0 Å². The van der Waals surface area contributed by atoms with Gasteiger partial charge in [0.05, 0.1) is 12.8 Å². The zero-order valence-electron chi connectivity index (χ0n) is 12.3. The van der Waals surface area contributed by atoms with Gasteiger partial charge in [-0.15, -0.1) is 0 Å². The second-order valence-electron chi connectivity index (χ2n) is 4.93. The van der Waals surface area contributed by atoms with Gasteiger partial charge in [-0.3, -0.25) is 9.59 Å². The van der Waals surface area contributed by atoms with Crippen LogP contribution in [0.3, 0.4) is 0 Å². The molecule has 1 heterocycles. The van der Waals surface area contributed by atoms with Gasteiger partial charge in [0.25, 0.3) is 5.91 Å². The van der Waals surface area contributed by atoms with Gasteiger partial charge < -0.3 is 14.6 Å². The monoisotopic (exact) mass is 286 g/mol.